The molecule has 1 aliphatic rings. The number of hydrogen-bond acceptors (Lipinski definition) is 2. The highest BCUT2D eigenvalue weighted by Crippen LogP contribution is 2.58. The Labute approximate surface area is 272 Å². The van der Waals surface area contributed by atoms with Crippen molar-refractivity contribution in [2.45, 2.75) is 0 Å². The van der Waals surface area contributed by atoms with Crippen LogP contribution in [0.1, 0.15) is 0 Å². The van der Waals surface area contributed by atoms with Gasteiger partial charge in [0.1, 0.15) is 0 Å². The van der Waals surface area contributed by atoms with E-state index in [4.69, 9.17) is 4.98 Å². The van der Waals surface area contributed by atoms with Crippen molar-refractivity contribution < 1.29 is 0 Å². The van der Waals surface area contributed by atoms with Gasteiger partial charge >= 0.3 is 0 Å². The Hall–Kier alpha value is -6.32. The van der Waals surface area contributed by atoms with Crippen LogP contribution in [0.4, 0.5) is 0 Å². The molecule has 0 radical (unpaired) electrons. The number of benzene rings is 7. The zero-order valence-corrected chi connectivity index (χ0v) is 25.4. The third kappa shape index (κ3) is 3.87. The Kier molecular flexibility index (Phi) is 5.57. The van der Waals surface area contributed by atoms with Gasteiger partial charge in [-0.25, -0.2) is 4.98 Å². The standard InChI is InChI=1S/C44H27N3/c1-3-10-30(11-4-1)40-34-14-7-8-15-35(34)41(31-12-5-2-6-13-31)44-37-23-22-32(33-16-9-17-36(42(33)37)43(40)44)28-18-20-29(21-19-28)38-27-47-25-24-45-26-39(47)46-38/h1-27H. The Morgan fingerprint density at radius 2 is 1.00 bits per heavy atom. The number of hydrogen-bond donors (Lipinski definition) is 0. The molecule has 0 N–H and O–H groups in total. The third-order valence-corrected chi connectivity index (χ3v) is 9.68. The van der Waals surface area contributed by atoms with Crippen LogP contribution < -0.4 is 0 Å². The lowest BCUT2D eigenvalue weighted by atomic mass is 9.82. The van der Waals surface area contributed by atoms with Crippen molar-refractivity contribution in [3.8, 4) is 66.9 Å². The Morgan fingerprint density at radius 1 is 0.426 bits per heavy atom. The van der Waals surface area contributed by atoms with E-state index in [9.17, 15) is 0 Å². The van der Waals surface area contributed by atoms with Gasteiger partial charge in [-0.05, 0) is 77.2 Å². The van der Waals surface area contributed by atoms with E-state index in [0.29, 0.717) is 0 Å². The molecule has 3 nitrogen and oxygen atoms in total. The van der Waals surface area contributed by atoms with Gasteiger partial charge in [0.25, 0.3) is 0 Å². The van der Waals surface area contributed by atoms with Crippen LogP contribution in [0.2, 0.25) is 0 Å². The van der Waals surface area contributed by atoms with E-state index in [1.165, 1.54) is 77.2 Å². The maximum atomic E-state index is 4.78. The summed E-state index contributed by atoms with van der Waals surface area (Å²) >= 11 is 0. The highest BCUT2D eigenvalue weighted by Gasteiger charge is 2.31. The summed E-state index contributed by atoms with van der Waals surface area (Å²) in [6.45, 7) is 0. The summed E-state index contributed by atoms with van der Waals surface area (Å²) in [7, 11) is 0. The average molecular weight is 598 g/mol. The predicted molar refractivity (Wildman–Crippen MR) is 194 cm³/mol. The second-order valence-electron chi connectivity index (χ2n) is 12.2. The van der Waals surface area contributed by atoms with Gasteiger partial charge in [-0.2, -0.15) is 0 Å². The van der Waals surface area contributed by atoms with Gasteiger partial charge in [-0.3, -0.25) is 4.98 Å². The molecule has 0 atom stereocenters. The van der Waals surface area contributed by atoms with E-state index in [-0.39, 0.29) is 0 Å². The van der Waals surface area contributed by atoms with Crippen molar-refractivity contribution in [3.05, 3.63) is 164 Å². The molecule has 0 saturated carbocycles. The summed E-state index contributed by atoms with van der Waals surface area (Å²) in [6.07, 6.45) is 7.56. The summed E-state index contributed by atoms with van der Waals surface area (Å²) in [5.74, 6) is 0. The molecule has 1 aliphatic carbocycles. The molecule has 2 heterocycles. The first-order valence-electron chi connectivity index (χ1n) is 16.0. The molecule has 0 amide bonds. The lowest BCUT2D eigenvalue weighted by Gasteiger charge is -2.20. The van der Waals surface area contributed by atoms with Crippen LogP contribution in [0.25, 0.3) is 94.1 Å². The van der Waals surface area contributed by atoms with Crippen molar-refractivity contribution in [1.82, 2.24) is 14.4 Å². The highest BCUT2D eigenvalue weighted by molar-refractivity contribution is 6.28. The van der Waals surface area contributed by atoms with Gasteiger partial charge in [-0.1, -0.05) is 140 Å². The second-order valence-corrected chi connectivity index (χ2v) is 12.2. The lowest BCUT2D eigenvalue weighted by molar-refractivity contribution is 1.13. The van der Waals surface area contributed by atoms with Gasteiger partial charge in [0.05, 0.1) is 11.9 Å². The fourth-order valence-corrected chi connectivity index (χ4v) is 7.66. The van der Waals surface area contributed by atoms with Crippen molar-refractivity contribution >= 4 is 27.2 Å². The molecule has 7 aromatic carbocycles. The van der Waals surface area contributed by atoms with Crippen LogP contribution in [0.3, 0.4) is 0 Å². The fraction of sp³-hybridized carbons (Fsp3) is 0. The maximum Gasteiger partial charge on any atom is 0.155 e. The van der Waals surface area contributed by atoms with Crippen LogP contribution >= 0.6 is 0 Å². The van der Waals surface area contributed by atoms with Gasteiger partial charge < -0.3 is 4.40 Å². The first kappa shape index (κ1) is 26.0. The first-order chi connectivity index (χ1) is 23.3. The van der Waals surface area contributed by atoms with Gasteiger partial charge in [-0.15, -0.1) is 0 Å². The predicted octanol–water partition coefficient (Wildman–Crippen LogP) is 11.4. The molecule has 0 bridgehead atoms. The number of nitrogens with zero attached hydrogens (tertiary/aromatic N) is 3. The molecule has 47 heavy (non-hydrogen) atoms. The average Bonchev–Trinajstić information content (AvgIpc) is 3.72. The molecule has 0 saturated heterocycles. The minimum Gasteiger partial charge on any atom is -0.304 e. The van der Waals surface area contributed by atoms with Crippen LogP contribution in [-0.4, -0.2) is 14.4 Å². The Morgan fingerprint density at radius 3 is 1.66 bits per heavy atom. The number of fused-ring (bicyclic) bond motifs is 5. The quantitative estimate of drug-likeness (QED) is 0.202. The summed E-state index contributed by atoms with van der Waals surface area (Å²) in [5, 5.41) is 5.14. The van der Waals surface area contributed by atoms with Crippen LogP contribution in [0.15, 0.2) is 164 Å². The molecule has 9 aromatic rings. The summed E-state index contributed by atoms with van der Waals surface area (Å²) in [6, 6.07) is 51.0. The van der Waals surface area contributed by atoms with Crippen molar-refractivity contribution in [3.63, 3.8) is 0 Å². The van der Waals surface area contributed by atoms with Crippen molar-refractivity contribution in [1.29, 1.82) is 0 Å². The first-order valence-corrected chi connectivity index (χ1v) is 16.0. The van der Waals surface area contributed by atoms with E-state index >= 15 is 0 Å². The summed E-state index contributed by atoms with van der Waals surface area (Å²) in [4.78, 5) is 8.99. The lowest BCUT2D eigenvalue weighted by Crippen LogP contribution is -1.93. The van der Waals surface area contributed by atoms with Crippen molar-refractivity contribution in [2.24, 2.45) is 0 Å². The molecular weight excluding hydrogens is 571 g/mol. The van der Waals surface area contributed by atoms with Gasteiger partial charge in [0.2, 0.25) is 0 Å². The third-order valence-electron chi connectivity index (χ3n) is 9.68. The molecule has 3 heteroatoms. The molecule has 0 unspecified atom stereocenters. The number of aromatic nitrogens is 3. The molecule has 0 aliphatic heterocycles. The van der Waals surface area contributed by atoms with E-state index in [1.54, 1.807) is 12.4 Å². The maximum absolute atomic E-state index is 4.78. The Balaban J connectivity index is 1.23. The second kappa shape index (κ2) is 10.1. The van der Waals surface area contributed by atoms with E-state index in [0.717, 1.165) is 16.9 Å². The monoisotopic (exact) mass is 597 g/mol. The van der Waals surface area contributed by atoms with Crippen LogP contribution in [0.5, 0.6) is 0 Å². The van der Waals surface area contributed by atoms with Crippen LogP contribution in [0, 0.1) is 0 Å². The zero-order chi connectivity index (χ0) is 30.9. The van der Waals surface area contributed by atoms with Gasteiger partial charge in [0.15, 0.2) is 5.65 Å². The molecular formula is C44H27N3. The fourth-order valence-electron chi connectivity index (χ4n) is 7.66. The highest BCUT2D eigenvalue weighted by atomic mass is 15.0. The zero-order valence-electron chi connectivity index (χ0n) is 25.4. The van der Waals surface area contributed by atoms with E-state index < -0.39 is 0 Å². The topological polar surface area (TPSA) is 30.2 Å². The minimum absolute atomic E-state index is 0.844. The molecule has 10 rings (SSSR count). The molecule has 2 aromatic heterocycles. The van der Waals surface area contributed by atoms with Crippen LogP contribution in [-0.2, 0) is 0 Å². The molecule has 0 fully saturated rings. The van der Waals surface area contributed by atoms with Crippen molar-refractivity contribution in [2.75, 3.05) is 0 Å². The van der Waals surface area contributed by atoms with E-state index in [1.807, 2.05) is 10.6 Å². The molecule has 0 spiro atoms. The minimum atomic E-state index is 0.844. The number of rotatable bonds is 4. The largest absolute Gasteiger partial charge is 0.304 e. The summed E-state index contributed by atoms with van der Waals surface area (Å²) in [5.41, 5.74) is 15.6. The SMILES string of the molecule is c1ccc(-c2c3c(c(-c4ccccc4)c4ccccc24)-c2ccc(-c4ccc(-c5cn6ccncc6n5)cc4)c4cccc-3c24)cc1. The number of imidazole rings is 1. The Bertz CT molecular complexity index is 2530. The summed E-state index contributed by atoms with van der Waals surface area (Å²) < 4.78 is 2.01. The van der Waals surface area contributed by atoms with Gasteiger partial charge in [0, 0.05) is 24.2 Å². The normalized spacial score (nSPS) is 11.8. The smallest absolute Gasteiger partial charge is 0.155 e. The molecule has 218 valence electrons. The van der Waals surface area contributed by atoms with E-state index in [2.05, 4.69) is 151 Å².